The number of nitrogens with one attached hydrogen (secondary N) is 1. The van der Waals surface area contributed by atoms with E-state index < -0.39 is 5.97 Å². The lowest BCUT2D eigenvalue weighted by atomic mass is 10.2. The zero-order valence-corrected chi connectivity index (χ0v) is 9.35. The molecule has 0 atom stereocenters. The number of carboxylic acid groups (broad SMARTS) is 1. The van der Waals surface area contributed by atoms with Crippen LogP contribution in [0.15, 0.2) is 24.3 Å². The molecule has 1 aliphatic rings. The highest BCUT2D eigenvalue weighted by molar-refractivity contribution is 5.98. The number of benzene rings is 1. The predicted octanol–water partition coefficient (Wildman–Crippen LogP) is 1.31. The van der Waals surface area contributed by atoms with E-state index in [1.54, 1.807) is 4.90 Å². The van der Waals surface area contributed by atoms with Crippen LogP contribution in [0.4, 0.5) is 11.4 Å². The summed E-state index contributed by atoms with van der Waals surface area (Å²) >= 11 is 0. The van der Waals surface area contributed by atoms with Crippen LogP contribution in [0.25, 0.3) is 0 Å². The second-order valence-corrected chi connectivity index (χ2v) is 3.88. The van der Waals surface area contributed by atoms with E-state index in [1.165, 1.54) is 0 Å². The molecule has 0 aliphatic carbocycles. The average Bonchev–Trinajstić information content (AvgIpc) is 2.45. The zero-order chi connectivity index (χ0) is 12.3. The van der Waals surface area contributed by atoms with E-state index in [4.69, 9.17) is 5.11 Å². The topological polar surface area (TPSA) is 69.6 Å². The van der Waals surface area contributed by atoms with Crippen molar-refractivity contribution in [1.29, 1.82) is 0 Å². The van der Waals surface area contributed by atoms with Gasteiger partial charge in [0.25, 0.3) is 0 Å². The van der Waals surface area contributed by atoms with Crippen molar-refractivity contribution in [3.8, 4) is 0 Å². The average molecular weight is 234 g/mol. The van der Waals surface area contributed by atoms with Crippen molar-refractivity contribution in [3.63, 3.8) is 0 Å². The second-order valence-electron chi connectivity index (χ2n) is 3.88. The third-order valence-corrected chi connectivity index (χ3v) is 2.70. The van der Waals surface area contributed by atoms with E-state index in [-0.39, 0.29) is 18.9 Å². The molecule has 17 heavy (non-hydrogen) atoms. The fourth-order valence-electron chi connectivity index (χ4n) is 1.88. The van der Waals surface area contributed by atoms with Gasteiger partial charge in [0.05, 0.1) is 17.8 Å². The number of carbonyl (C=O) groups is 2. The highest BCUT2D eigenvalue weighted by Crippen LogP contribution is 2.28. The highest BCUT2D eigenvalue weighted by atomic mass is 16.4. The largest absolute Gasteiger partial charge is 0.481 e. The number of para-hydroxylation sites is 2. The highest BCUT2D eigenvalue weighted by Gasteiger charge is 2.21. The van der Waals surface area contributed by atoms with Gasteiger partial charge in [-0.3, -0.25) is 9.59 Å². The third kappa shape index (κ3) is 2.55. The van der Waals surface area contributed by atoms with Gasteiger partial charge in [-0.25, -0.2) is 0 Å². The van der Waals surface area contributed by atoms with E-state index in [0.717, 1.165) is 11.4 Å². The number of fused-ring (bicyclic) bond motifs is 1. The van der Waals surface area contributed by atoms with Crippen LogP contribution in [0.3, 0.4) is 0 Å². The molecular formula is C12H14N2O3. The summed E-state index contributed by atoms with van der Waals surface area (Å²) in [6.45, 7) is 0.798. The lowest BCUT2D eigenvalue weighted by Gasteiger charge is -2.21. The number of aliphatic carboxylic acids is 1. The van der Waals surface area contributed by atoms with Crippen molar-refractivity contribution in [2.75, 3.05) is 23.3 Å². The maximum Gasteiger partial charge on any atom is 0.305 e. The zero-order valence-electron chi connectivity index (χ0n) is 9.35. The Kier molecular flexibility index (Phi) is 3.27. The molecule has 90 valence electrons. The fraction of sp³-hybridized carbons (Fsp3) is 0.333. The Hall–Kier alpha value is -2.04. The number of nitrogens with zero attached hydrogens (tertiary/aromatic N) is 1. The molecule has 1 aromatic carbocycles. The Labute approximate surface area is 99.0 Å². The molecule has 2 N–H and O–H groups in total. The van der Waals surface area contributed by atoms with Gasteiger partial charge in [-0.1, -0.05) is 12.1 Å². The van der Waals surface area contributed by atoms with Gasteiger partial charge in [-0.15, -0.1) is 0 Å². The van der Waals surface area contributed by atoms with Crippen LogP contribution >= 0.6 is 0 Å². The summed E-state index contributed by atoms with van der Waals surface area (Å²) in [6, 6.07) is 7.44. The quantitative estimate of drug-likeness (QED) is 0.827. The Morgan fingerprint density at radius 3 is 2.94 bits per heavy atom. The number of amides is 1. The van der Waals surface area contributed by atoms with E-state index in [1.807, 2.05) is 24.3 Å². The van der Waals surface area contributed by atoms with Crippen molar-refractivity contribution >= 4 is 23.3 Å². The van der Waals surface area contributed by atoms with Gasteiger partial charge in [0.15, 0.2) is 0 Å². The molecule has 1 aliphatic heterocycles. The summed E-state index contributed by atoms with van der Waals surface area (Å²) in [5.41, 5.74) is 1.64. The first-order valence-electron chi connectivity index (χ1n) is 5.53. The molecule has 5 nitrogen and oxygen atoms in total. The summed E-state index contributed by atoms with van der Waals surface area (Å²) in [5.74, 6) is -0.934. The molecule has 0 fully saturated rings. The summed E-state index contributed by atoms with van der Waals surface area (Å²) < 4.78 is 0. The molecule has 0 bridgehead atoms. The van der Waals surface area contributed by atoms with Crippen molar-refractivity contribution in [3.05, 3.63) is 24.3 Å². The van der Waals surface area contributed by atoms with E-state index in [9.17, 15) is 9.59 Å². The summed E-state index contributed by atoms with van der Waals surface area (Å²) in [7, 11) is 0. The van der Waals surface area contributed by atoms with Crippen LogP contribution in [0.5, 0.6) is 0 Å². The van der Waals surface area contributed by atoms with Crippen LogP contribution < -0.4 is 10.2 Å². The molecule has 0 radical (unpaired) electrons. The lowest BCUT2D eigenvalue weighted by molar-refractivity contribution is -0.136. The number of carboxylic acids is 1. The first kappa shape index (κ1) is 11.4. The Morgan fingerprint density at radius 2 is 2.18 bits per heavy atom. The SMILES string of the molecule is O=C(O)CCN1C(=O)CCNc2ccccc21. The first-order valence-corrected chi connectivity index (χ1v) is 5.53. The van der Waals surface area contributed by atoms with Crippen molar-refractivity contribution in [2.24, 2.45) is 0 Å². The summed E-state index contributed by atoms with van der Waals surface area (Å²) in [4.78, 5) is 24.0. The minimum Gasteiger partial charge on any atom is -0.481 e. The number of hydrogen-bond acceptors (Lipinski definition) is 3. The van der Waals surface area contributed by atoms with Crippen LogP contribution in [0.2, 0.25) is 0 Å². The number of carbonyl (C=O) groups excluding carboxylic acids is 1. The number of hydrogen-bond donors (Lipinski definition) is 2. The Bertz CT molecular complexity index is 445. The molecule has 1 amide bonds. The molecule has 0 unspecified atom stereocenters. The van der Waals surface area contributed by atoms with Gasteiger partial charge in [-0.2, -0.15) is 0 Å². The van der Waals surface area contributed by atoms with Gasteiger partial charge in [0, 0.05) is 19.5 Å². The molecule has 1 aromatic rings. The number of rotatable bonds is 3. The van der Waals surface area contributed by atoms with Crippen LogP contribution in [-0.2, 0) is 9.59 Å². The standard InChI is InChI=1S/C12H14N2O3/c15-11-5-7-13-9-3-1-2-4-10(9)14(11)8-6-12(16)17/h1-4,13H,5-8H2,(H,16,17). The molecule has 0 saturated heterocycles. The maximum absolute atomic E-state index is 11.9. The molecule has 2 rings (SSSR count). The molecule has 0 spiro atoms. The van der Waals surface area contributed by atoms with Gasteiger partial charge in [-0.05, 0) is 12.1 Å². The van der Waals surface area contributed by atoms with Crippen LogP contribution in [0.1, 0.15) is 12.8 Å². The summed E-state index contributed by atoms with van der Waals surface area (Å²) in [6.07, 6.45) is 0.342. The van der Waals surface area contributed by atoms with Crippen molar-refractivity contribution < 1.29 is 14.7 Å². The second kappa shape index (κ2) is 4.86. The molecule has 5 heteroatoms. The molecule has 1 heterocycles. The van der Waals surface area contributed by atoms with Crippen LogP contribution in [-0.4, -0.2) is 30.1 Å². The van der Waals surface area contributed by atoms with E-state index in [0.29, 0.717) is 13.0 Å². The normalized spacial score (nSPS) is 14.8. The molecular weight excluding hydrogens is 220 g/mol. The molecule has 0 aromatic heterocycles. The minimum absolute atomic E-state index is 0.0382. The minimum atomic E-state index is -0.896. The monoisotopic (exact) mass is 234 g/mol. The first-order chi connectivity index (χ1) is 8.18. The van der Waals surface area contributed by atoms with Gasteiger partial charge >= 0.3 is 5.97 Å². The van der Waals surface area contributed by atoms with E-state index in [2.05, 4.69) is 5.32 Å². The van der Waals surface area contributed by atoms with E-state index >= 15 is 0 Å². The smallest absolute Gasteiger partial charge is 0.305 e. The van der Waals surface area contributed by atoms with Crippen molar-refractivity contribution in [2.45, 2.75) is 12.8 Å². The third-order valence-electron chi connectivity index (χ3n) is 2.70. The van der Waals surface area contributed by atoms with Gasteiger partial charge in [0.1, 0.15) is 0 Å². The maximum atomic E-state index is 11.9. The molecule has 0 saturated carbocycles. The fourth-order valence-corrected chi connectivity index (χ4v) is 1.88. The predicted molar refractivity (Wildman–Crippen MR) is 64.2 cm³/mol. The van der Waals surface area contributed by atoms with Gasteiger partial charge in [0.2, 0.25) is 5.91 Å². The lowest BCUT2D eigenvalue weighted by Crippen LogP contribution is -2.32. The van der Waals surface area contributed by atoms with Crippen molar-refractivity contribution in [1.82, 2.24) is 0 Å². The Balaban J connectivity index is 2.27. The number of anilines is 2. The van der Waals surface area contributed by atoms with Crippen LogP contribution in [0, 0.1) is 0 Å². The Morgan fingerprint density at radius 1 is 1.41 bits per heavy atom. The summed E-state index contributed by atoms with van der Waals surface area (Å²) in [5, 5.41) is 11.9. The van der Waals surface area contributed by atoms with Gasteiger partial charge < -0.3 is 15.3 Å².